The Morgan fingerprint density at radius 3 is 2.71 bits per heavy atom. The molecular formula is C16H18O4S. The third kappa shape index (κ3) is 2.39. The number of carbonyl (C=O) groups excluding carboxylic acids is 1. The maximum atomic E-state index is 12.3. The predicted octanol–water partition coefficient (Wildman–Crippen LogP) is 2.60. The Labute approximate surface area is 124 Å². The van der Waals surface area contributed by atoms with E-state index in [2.05, 4.69) is 0 Å². The van der Waals surface area contributed by atoms with Crippen LogP contribution in [0.3, 0.4) is 0 Å². The van der Waals surface area contributed by atoms with Crippen molar-refractivity contribution in [1.82, 2.24) is 0 Å². The van der Waals surface area contributed by atoms with Gasteiger partial charge in [-0.15, -0.1) is 0 Å². The van der Waals surface area contributed by atoms with Gasteiger partial charge in [-0.2, -0.15) is 0 Å². The predicted molar refractivity (Wildman–Crippen MR) is 80.7 cm³/mol. The van der Waals surface area contributed by atoms with Gasteiger partial charge in [0.1, 0.15) is 0 Å². The molecule has 0 aliphatic carbocycles. The number of benzene rings is 1. The van der Waals surface area contributed by atoms with Crippen LogP contribution in [0.15, 0.2) is 30.3 Å². The van der Waals surface area contributed by atoms with E-state index in [1.807, 2.05) is 18.2 Å². The van der Waals surface area contributed by atoms with Crippen molar-refractivity contribution in [3.05, 3.63) is 41.5 Å². The third-order valence-corrected chi connectivity index (χ3v) is 6.96. The average Bonchev–Trinajstić information content (AvgIpc) is 2.45. The Kier molecular flexibility index (Phi) is 3.61. The largest absolute Gasteiger partial charge is 0.465 e. The smallest absolute Gasteiger partial charge is 0.338 e. The van der Waals surface area contributed by atoms with Crippen molar-refractivity contribution in [2.75, 3.05) is 7.11 Å². The number of hydrogen-bond acceptors (Lipinski definition) is 4. The molecule has 1 aromatic rings. The standard InChI is InChI=1S/C16H18O4S/c1-20-16(17)15-8-3-2-7-14(15)11-9-12-5-4-6-13(10-11)21(12,18)19/h2-3,7-9,12-13H,4-6,10H2,1H3. The van der Waals surface area contributed by atoms with Crippen LogP contribution < -0.4 is 0 Å². The van der Waals surface area contributed by atoms with Crippen LogP contribution in [-0.2, 0) is 14.6 Å². The van der Waals surface area contributed by atoms with Crippen LogP contribution in [0.25, 0.3) is 5.57 Å². The van der Waals surface area contributed by atoms with Crippen LogP contribution in [0.5, 0.6) is 0 Å². The second kappa shape index (κ2) is 5.30. The molecule has 0 spiro atoms. The highest BCUT2D eigenvalue weighted by molar-refractivity contribution is 7.93. The Balaban J connectivity index is 2.07. The number of sulfone groups is 1. The molecule has 4 nitrogen and oxygen atoms in total. The molecular weight excluding hydrogens is 288 g/mol. The minimum absolute atomic E-state index is 0.304. The SMILES string of the molecule is COC(=O)c1ccccc1C1=CC2CCCC(C1)S2(=O)=O. The molecule has 0 radical (unpaired) electrons. The lowest BCUT2D eigenvalue weighted by Crippen LogP contribution is -2.38. The van der Waals surface area contributed by atoms with E-state index in [0.29, 0.717) is 18.4 Å². The molecule has 21 heavy (non-hydrogen) atoms. The minimum atomic E-state index is -3.04. The van der Waals surface area contributed by atoms with Crippen molar-refractivity contribution in [2.24, 2.45) is 0 Å². The van der Waals surface area contributed by atoms with Gasteiger partial charge >= 0.3 is 5.97 Å². The van der Waals surface area contributed by atoms with E-state index < -0.39 is 15.1 Å². The molecule has 1 aromatic carbocycles. The van der Waals surface area contributed by atoms with Crippen LogP contribution in [0, 0.1) is 0 Å². The summed E-state index contributed by atoms with van der Waals surface area (Å²) in [6.45, 7) is 0. The van der Waals surface area contributed by atoms with Gasteiger partial charge in [0, 0.05) is 0 Å². The van der Waals surface area contributed by atoms with E-state index in [4.69, 9.17) is 4.74 Å². The summed E-state index contributed by atoms with van der Waals surface area (Å²) in [6.07, 6.45) is 4.69. The lowest BCUT2D eigenvalue weighted by Gasteiger charge is -2.33. The summed E-state index contributed by atoms with van der Waals surface area (Å²) < 4.78 is 29.4. The highest BCUT2D eigenvalue weighted by atomic mass is 32.2. The molecule has 1 saturated heterocycles. The van der Waals surface area contributed by atoms with E-state index in [1.54, 1.807) is 12.1 Å². The molecule has 112 valence electrons. The number of carbonyl (C=O) groups is 1. The first-order valence-corrected chi connectivity index (χ1v) is 8.76. The summed E-state index contributed by atoms with van der Waals surface area (Å²) in [6, 6.07) is 7.24. The van der Waals surface area contributed by atoms with Gasteiger partial charge in [-0.05, 0) is 36.5 Å². The number of hydrogen-bond donors (Lipinski definition) is 0. The molecule has 0 N–H and O–H groups in total. The molecule has 2 atom stereocenters. The summed E-state index contributed by atoms with van der Waals surface area (Å²) in [5, 5.41) is -0.701. The van der Waals surface area contributed by atoms with Gasteiger partial charge in [-0.3, -0.25) is 0 Å². The van der Waals surface area contributed by atoms with E-state index >= 15 is 0 Å². The highest BCUT2D eigenvalue weighted by Crippen LogP contribution is 2.39. The van der Waals surface area contributed by atoms with Crippen molar-refractivity contribution in [3.8, 4) is 0 Å². The van der Waals surface area contributed by atoms with Gasteiger partial charge in [-0.25, -0.2) is 13.2 Å². The zero-order valence-corrected chi connectivity index (χ0v) is 12.7. The molecule has 2 aliphatic heterocycles. The van der Waals surface area contributed by atoms with Crippen LogP contribution in [0.1, 0.15) is 41.6 Å². The van der Waals surface area contributed by atoms with Gasteiger partial charge in [-0.1, -0.05) is 30.7 Å². The fourth-order valence-electron chi connectivity index (χ4n) is 3.31. The monoisotopic (exact) mass is 306 g/mol. The lowest BCUT2D eigenvalue weighted by molar-refractivity contribution is 0.0600. The second-order valence-electron chi connectivity index (χ2n) is 5.61. The quantitative estimate of drug-likeness (QED) is 0.788. The number of fused-ring (bicyclic) bond motifs is 2. The van der Waals surface area contributed by atoms with Gasteiger partial charge in [0.05, 0.1) is 23.2 Å². The first-order chi connectivity index (χ1) is 10.0. The fourth-order valence-corrected chi connectivity index (χ4v) is 5.56. The third-order valence-electron chi connectivity index (χ3n) is 4.41. The maximum Gasteiger partial charge on any atom is 0.338 e. The number of esters is 1. The molecule has 0 saturated carbocycles. The van der Waals surface area contributed by atoms with Gasteiger partial charge in [0.2, 0.25) is 0 Å². The Bertz CT molecular complexity index is 703. The number of methoxy groups -OCH3 is 1. The Morgan fingerprint density at radius 1 is 1.24 bits per heavy atom. The van der Waals surface area contributed by atoms with Crippen LogP contribution in [-0.4, -0.2) is 32.0 Å². The van der Waals surface area contributed by atoms with Crippen molar-refractivity contribution >= 4 is 21.4 Å². The summed E-state index contributed by atoms with van der Waals surface area (Å²) >= 11 is 0. The second-order valence-corrected chi connectivity index (χ2v) is 8.06. The van der Waals surface area contributed by atoms with Gasteiger partial charge in [0.25, 0.3) is 0 Å². The zero-order chi connectivity index (χ0) is 15.0. The molecule has 0 amide bonds. The molecule has 2 aliphatic rings. The van der Waals surface area contributed by atoms with Crippen LogP contribution >= 0.6 is 0 Å². The average molecular weight is 306 g/mol. The first kappa shape index (κ1) is 14.3. The first-order valence-electron chi connectivity index (χ1n) is 7.15. The van der Waals surface area contributed by atoms with Crippen LogP contribution in [0.2, 0.25) is 0 Å². The van der Waals surface area contributed by atoms with E-state index in [-0.39, 0.29) is 11.2 Å². The molecule has 2 unspecified atom stereocenters. The highest BCUT2D eigenvalue weighted by Gasteiger charge is 2.40. The van der Waals surface area contributed by atoms with Crippen molar-refractivity contribution in [2.45, 2.75) is 36.2 Å². The number of allylic oxidation sites excluding steroid dienone is 1. The number of ether oxygens (including phenoxy) is 1. The van der Waals surface area contributed by atoms with Gasteiger partial charge < -0.3 is 4.74 Å². The summed E-state index contributed by atoms with van der Waals surface area (Å²) in [7, 11) is -1.68. The van der Waals surface area contributed by atoms with Gasteiger partial charge in [0.15, 0.2) is 9.84 Å². The molecule has 2 bridgehead atoms. The van der Waals surface area contributed by atoms with E-state index in [9.17, 15) is 13.2 Å². The number of rotatable bonds is 2. The normalized spacial score (nSPS) is 26.8. The summed E-state index contributed by atoms with van der Waals surface area (Å²) in [5.41, 5.74) is 2.26. The molecule has 1 fully saturated rings. The zero-order valence-electron chi connectivity index (χ0n) is 11.9. The lowest BCUT2D eigenvalue weighted by atomic mass is 9.91. The minimum Gasteiger partial charge on any atom is -0.465 e. The summed E-state index contributed by atoms with van der Waals surface area (Å²) in [4.78, 5) is 11.9. The Hall–Kier alpha value is -1.62. The fraction of sp³-hybridized carbons (Fsp3) is 0.438. The molecule has 2 heterocycles. The van der Waals surface area contributed by atoms with E-state index in [1.165, 1.54) is 7.11 Å². The molecule has 5 heteroatoms. The topological polar surface area (TPSA) is 60.4 Å². The maximum absolute atomic E-state index is 12.3. The van der Waals surface area contributed by atoms with E-state index in [0.717, 1.165) is 24.0 Å². The van der Waals surface area contributed by atoms with Crippen molar-refractivity contribution in [1.29, 1.82) is 0 Å². The molecule has 0 aromatic heterocycles. The van der Waals surface area contributed by atoms with Crippen molar-refractivity contribution in [3.63, 3.8) is 0 Å². The molecule has 3 rings (SSSR count). The Morgan fingerprint density at radius 2 is 2.00 bits per heavy atom. The van der Waals surface area contributed by atoms with Crippen molar-refractivity contribution < 1.29 is 17.9 Å². The summed E-state index contributed by atoms with van der Waals surface area (Å²) in [5.74, 6) is -0.384. The van der Waals surface area contributed by atoms with Crippen LogP contribution in [0.4, 0.5) is 0 Å².